The van der Waals surface area contributed by atoms with Crippen LogP contribution in [0.25, 0.3) is 0 Å². The van der Waals surface area contributed by atoms with Gasteiger partial charge in [-0.15, -0.1) is 0 Å². The van der Waals surface area contributed by atoms with Crippen LogP contribution >= 0.6 is 0 Å². The molecule has 1 saturated heterocycles. The van der Waals surface area contributed by atoms with Crippen molar-refractivity contribution in [3.8, 4) is 0 Å². The number of hydrogen-bond donors (Lipinski definition) is 2. The highest BCUT2D eigenvalue weighted by atomic mass is 16.5. The number of amides is 1. The van der Waals surface area contributed by atoms with Gasteiger partial charge in [-0.25, -0.2) is 0 Å². The van der Waals surface area contributed by atoms with Gasteiger partial charge in [-0.05, 0) is 33.2 Å². The molecule has 2 atom stereocenters. The van der Waals surface area contributed by atoms with Crippen LogP contribution in [-0.4, -0.2) is 61.3 Å². The topological polar surface area (TPSA) is 78.9 Å². The van der Waals surface area contributed by atoms with Gasteiger partial charge in [0, 0.05) is 20.2 Å². The molecule has 0 radical (unpaired) electrons. The smallest absolute Gasteiger partial charge is 0.310 e. The molecule has 1 aliphatic rings. The normalized spacial score (nSPS) is 25.8. The first-order valence-electron chi connectivity index (χ1n) is 6.65. The van der Waals surface area contributed by atoms with Crippen molar-refractivity contribution in [2.24, 2.45) is 5.41 Å². The monoisotopic (exact) mass is 272 g/mol. The second-order valence-electron chi connectivity index (χ2n) is 5.40. The Hall–Kier alpha value is -1.14. The summed E-state index contributed by atoms with van der Waals surface area (Å²) in [7, 11) is 1.58. The standard InChI is InChI=1S/C13H24N2O4/c1-10(11(16)14-6-8-19-3)15-7-4-5-13(2,9-15)12(17)18/h10H,4-9H2,1-3H3,(H,14,16)(H,17,18). The predicted octanol–water partition coefficient (Wildman–Crippen LogP) is 0.324. The largest absolute Gasteiger partial charge is 0.481 e. The van der Waals surface area contributed by atoms with Crippen LogP contribution in [0.5, 0.6) is 0 Å². The van der Waals surface area contributed by atoms with Crippen molar-refractivity contribution in [1.82, 2.24) is 10.2 Å². The van der Waals surface area contributed by atoms with Gasteiger partial charge in [0.2, 0.25) is 5.91 Å². The molecule has 1 fully saturated rings. The summed E-state index contributed by atoms with van der Waals surface area (Å²) in [6, 6.07) is -0.309. The lowest BCUT2D eigenvalue weighted by molar-refractivity contribution is -0.152. The van der Waals surface area contributed by atoms with Gasteiger partial charge in [-0.3, -0.25) is 14.5 Å². The third-order valence-electron chi connectivity index (χ3n) is 3.77. The highest BCUT2D eigenvalue weighted by Crippen LogP contribution is 2.30. The first kappa shape index (κ1) is 15.9. The minimum absolute atomic E-state index is 0.0771. The quantitative estimate of drug-likeness (QED) is 0.681. The molecule has 0 aromatic rings. The van der Waals surface area contributed by atoms with Crippen LogP contribution in [0.1, 0.15) is 26.7 Å². The molecule has 0 saturated carbocycles. The summed E-state index contributed by atoms with van der Waals surface area (Å²) in [6.45, 7) is 5.70. The van der Waals surface area contributed by atoms with Crippen LogP contribution < -0.4 is 5.32 Å². The Bertz CT molecular complexity index is 335. The van der Waals surface area contributed by atoms with E-state index >= 15 is 0 Å². The highest BCUT2D eigenvalue weighted by molar-refractivity contribution is 5.81. The number of nitrogens with one attached hydrogen (secondary N) is 1. The number of carboxylic acids is 1. The molecule has 0 bridgehead atoms. The fraction of sp³-hybridized carbons (Fsp3) is 0.846. The van der Waals surface area contributed by atoms with Gasteiger partial charge < -0.3 is 15.2 Å². The van der Waals surface area contributed by atoms with E-state index < -0.39 is 11.4 Å². The minimum Gasteiger partial charge on any atom is -0.481 e. The maximum absolute atomic E-state index is 11.9. The number of hydrogen-bond acceptors (Lipinski definition) is 4. The summed E-state index contributed by atoms with van der Waals surface area (Å²) in [5.74, 6) is -0.865. The van der Waals surface area contributed by atoms with Crippen LogP contribution in [0.15, 0.2) is 0 Å². The Morgan fingerprint density at radius 1 is 1.53 bits per heavy atom. The average molecular weight is 272 g/mol. The van der Waals surface area contributed by atoms with Crippen molar-refractivity contribution in [3.05, 3.63) is 0 Å². The van der Waals surface area contributed by atoms with Crippen molar-refractivity contribution < 1.29 is 19.4 Å². The fourth-order valence-corrected chi connectivity index (χ4v) is 2.37. The van der Waals surface area contributed by atoms with E-state index in [1.165, 1.54) is 0 Å². The third-order valence-corrected chi connectivity index (χ3v) is 3.77. The van der Waals surface area contributed by atoms with Crippen molar-refractivity contribution in [1.29, 1.82) is 0 Å². The van der Waals surface area contributed by atoms with E-state index in [-0.39, 0.29) is 11.9 Å². The lowest BCUT2D eigenvalue weighted by Crippen LogP contribution is -2.53. The molecule has 2 N–H and O–H groups in total. The molecule has 19 heavy (non-hydrogen) atoms. The van der Waals surface area contributed by atoms with Gasteiger partial charge >= 0.3 is 5.97 Å². The first-order valence-corrected chi connectivity index (χ1v) is 6.65. The van der Waals surface area contributed by atoms with E-state index in [9.17, 15) is 14.7 Å². The van der Waals surface area contributed by atoms with Crippen molar-refractivity contribution in [3.63, 3.8) is 0 Å². The maximum atomic E-state index is 11.9. The summed E-state index contributed by atoms with van der Waals surface area (Å²) >= 11 is 0. The lowest BCUT2D eigenvalue weighted by Gasteiger charge is -2.40. The van der Waals surface area contributed by atoms with Crippen LogP contribution in [0.4, 0.5) is 0 Å². The Kier molecular flexibility index (Phi) is 5.75. The number of carboxylic acid groups (broad SMARTS) is 1. The van der Waals surface area contributed by atoms with Crippen molar-refractivity contribution in [2.45, 2.75) is 32.7 Å². The molecule has 6 nitrogen and oxygen atoms in total. The minimum atomic E-state index is -0.788. The second-order valence-corrected chi connectivity index (χ2v) is 5.40. The van der Waals surface area contributed by atoms with E-state index in [0.717, 1.165) is 13.0 Å². The Balaban J connectivity index is 2.54. The molecule has 0 aromatic heterocycles. The van der Waals surface area contributed by atoms with Crippen LogP contribution in [0.2, 0.25) is 0 Å². The number of carbonyl (C=O) groups is 2. The number of carbonyl (C=O) groups excluding carboxylic acids is 1. The van der Waals surface area contributed by atoms with Crippen LogP contribution in [-0.2, 0) is 14.3 Å². The first-order chi connectivity index (χ1) is 8.90. The molecule has 1 aliphatic heterocycles. The summed E-state index contributed by atoms with van der Waals surface area (Å²) in [5.41, 5.74) is -0.751. The molecule has 1 amide bonds. The molecule has 2 unspecified atom stereocenters. The van der Waals surface area contributed by atoms with E-state index in [1.54, 1.807) is 14.0 Å². The Morgan fingerprint density at radius 2 is 2.21 bits per heavy atom. The molecule has 1 rings (SSSR count). The van der Waals surface area contributed by atoms with E-state index in [1.807, 2.05) is 11.8 Å². The third kappa shape index (κ3) is 4.18. The fourth-order valence-electron chi connectivity index (χ4n) is 2.37. The zero-order chi connectivity index (χ0) is 14.5. The van der Waals surface area contributed by atoms with Gasteiger partial charge in [0.1, 0.15) is 0 Å². The number of aliphatic carboxylic acids is 1. The average Bonchev–Trinajstić information content (AvgIpc) is 2.38. The van der Waals surface area contributed by atoms with Gasteiger partial charge in [-0.1, -0.05) is 0 Å². The van der Waals surface area contributed by atoms with E-state index in [4.69, 9.17) is 4.74 Å². The molecule has 0 aliphatic carbocycles. The molecule has 0 aromatic carbocycles. The maximum Gasteiger partial charge on any atom is 0.310 e. The second kappa shape index (κ2) is 6.86. The molecular formula is C13H24N2O4. The zero-order valence-electron chi connectivity index (χ0n) is 11.9. The number of rotatable bonds is 6. The number of likely N-dealkylation sites (tertiary alicyclic amines) is 1. The summed E-state index contributed by atoms with van der Waals surface area (Å²) in [6.07, 6.45) is 1.47. The SMILES string of the molecule is COCCNC(=O)C(C)N1CCCC(C)(C(=O)O)C1. The summed E-state index contributed by atoms with van der Waals surface area (Å²) in [5, 5.41) is 12.0. The van der Waals surface area contributed by atoms with Crippen molar-refractivity contribution in [2.75, 3.05) is 33.4 Å². The Labute approximate surface area is 114 Å². The number of piperidine rings is 1. The molecule has 1 heterocycles. The van der Waals surface area contributed by atoms with E-state index in [2.05, 4.69) is 5.32 Å². The van der Waals surface area contributed by atoms with Crippen molar-refractivity contribution >= 4 is 11.9 Å². The van der Waals surface area contributed by atoms with Gasteiger partial charge in [0.25, 0.3) is 0 Å². The van der Waals surface area contributed by atoms with Gasteiger partial charge in [0.15, 0.2) is 0 Å². The lowest BCUT2D eigenvalue weighted by atomic mass is 9.81. The molecular weight excluding hydrogens is 248 g/mol. The molecule has 6 heteroatoms. The summed E-state index contributed by atoms with van der Waals surface area (Å²) in [4.78, 5) is 25.2. The van der Waals surface area contributed by atoms with Crippen LogP contribution in [0.3, 0.4) is 0 Å². The predicted molar refractivity (Wildman–Crippen MR) is 70.9 cm³/mol. The van der Waals surface area contributed by atoms with Gasteiger partial charge in [-0.2, -0.15) is 0 Å². The Morgan fingerprint density at radius 3 is 2.79 bits per heavy atom. The van der Waals surface area contributed by atoms with Gasteiger partial charge in [0.05, 0.1) is 18.1 Å². The van der Waals surface area contributed by atoms with E-state index in [0.29, 0.717) is 26.1 Å². The highest BCUT2D eigenvalue weighted by Gasteiger charge is 2.40. The number of nitrogens with zero attached hydrogens (tertiary/aromatic N) is 1. The summed E-state index contributed by atoms with van der Waals surface area (Å²) < 4.78 is 4.88. The number of methoxy groups -OCH3 is 1. The van der Waals surface area contributed by atoms with Crippen LogP contribution in [0, 0.1) is 5.41 Å². The zero-order valence-corrected chi connectivity index (χ0v) is 11.9. The number of ether oxygens (including phenoxy) is 1. The molecule has 0 spiro atoms. The molecule has 110 valence electrons.